The Kier molecular flexibility index (Phi) is 9.37. The molecule has 4 aromatic rings. The summed E-state index contributed by atoms with van der Waals surface area (Å²) >= 11 is 2.74. The molecular formula is C34H33N3O6S2. The van der Waals surface area contributed by atoms with Gasteiger partial charge in [-0.1, -0.05) is 84.8 Å². The van der Waals surface area contributed by atoms with Crippen LogP contribution in [-0.2, 0) is 15.3 Å². The molecule has 9 nitrogen and oxygen atoms in total. The van der Waals surface area contributed by atoms with Crippen molar-refractivity contribution in [2.75, 3.05) is 24.7 Å². The van der Waals surface area contributed by atoms with E-state index in [1.807, 2.05) is 25.1 Å². The average molecular weight is 644 g/mol. The lowest BCUT2D eigenvalue weighted by Crippen LogP contribution is -2.29. The van der Waals surface area contributed by atoms with Crippen LogP contribution in [0.3, 0.4) is 0 Å². The van der Waals surface area contributed by atoms with E-state index in [9.17, 15) is 14.7 Å². The highest BCUT2D eigenvalue weighted by Crippen LogP contribution is 2.45. The molecule has 0 spiro atoms. The number of carbonyl (C=O) groups is 2. The Hall–Kier alpha value is -4.35. The van der Waals surface area contributed by atoms with Crippen LogP contribution in [0.15, 0.2) is 76.6 Å². The number of aryl methyl sites for hydroxylation is 1. The van der Waals surface area contributed by atoms with Gasteiger partial charge in [0.2, 0.25) is 5.13 Å². The van der Waals surface area contributed by atoms with E-state index in [1.165, 1.54) is 33.6 Å². The van der Waals surface area contributed by atoms with Gasteiger partial charge < -0.3 is 19.3 Å². The Morgan fingerprint density at radius 1 is 1.02 bits per heavy atom. The molecule has 3 heterocycles. The van der Waals surface area contributed by atoms with Crippen LogP contribution < -0.4 is 19.1 Å². The lowest BCUT2D eigenvalue weighted by atomic mass is 9.95. The van der Waals surface area contributed by atoms with Crippen molar-refractivity contribution in [1.82, 2.24) is 10.2 Å². The van der Waals surface area contributed by atoms with E-state index in [0.29, 0.717) is 58.3 Å². The molecule has 1 fully saturated rings. The number of carbonyl (C=O) groups excluding carboxylic acids is 2. The second-order valence-electron chi connectivity index (χ2n) is 10.8. The number of ketones is 1. The predicted molar refractivity (Wildman–Crippen MR) is 174 cm³/mol. The fourth-order valence-electron chi connectivity index (χ4n) is 5.20. The summed E-state index contributed by atoms with van der Waals surface area (Å²) in [7, 11) is 0. The van der Waals surface area contributed by atoms with E-state index in [2.05, 4.69) is 41.4 Å². The van der Waals surface area contributed by atoms with Crippen LogP contribution in [0.5, 0.6) is 17.2 Å². The first-order valence-electron chi connectivity index (χ1n) is 14.9. The number of fused-ring (bicyclic) bond motifs is 1. The van der Waals surface area contributed by atoms with Crippen LogP contribution in [-0.4, -0.2) is 46.8 Å². The van der Waals surface area contributed by atoms with Gasteiger partial charge in [-0.05, 0) is 54.8 Å². The highest BCUT2D eigenvalue weighted by molar-refractivity contribution is 8.00. The Labute approximate surface area is 269 Å². The van der Waals surface area contributed by atoms with Crippen molar-refractivity contribution in [3.63, 3.8) is 0 Å². The highest BCUT2D eigenvalue weighted by atomic mass is 32.2. The minimum absolute atomic E-state index is 0.0520. The largest absolute Gasteiger partial charge is 0.507 e. The molecule has 1 N–H and O–H groups in total. The molecule has 1 amide bonds. The molecule has 0 aliphatic carbocycles. The van der Waals surface area contributed by atoms with Gasteiger partial charge >= 0.3 is 5.91 Å². The number of aromatic nitrogens is 2. The highest BCUT2D eigenvalue weighted by Gasteiger charge is 2.48. The summed E-state index contributed by atoms with van der Waals surface area (Å²) in [5.41, 5.74) is 3.21. The zero-order chi connectivity index (χ0) is 31.3. The van der Waals surface area contributed by atoms with Crippen molar-refractivity contribution in [1.29, 1.82) is 0 Å². The maximum atomic E-state index is 13.7. The predicted octanol–water partition coefficient (Wildman–Crippen LogP) is 7.11. The summed E-state index contributed by atoms with van der Waals surface area (Å²) in [6, 6.07) is 19.5. The molecule has 2 aliphatic heterocycles. The monoisotopic (exact) mass is 643 g/mol. The Balaban J connectivity index is 1.37. The van der Waals surface area contributed by atoms with E-state index < -0.39 is 17.7 Å². The fraction of sp³-hybridized carbons (Fsp3) is 0.294. The number of Topliss-reactive ketones (excluding diaryl/α,β-unsaturated/α-hetero) is 1. The van der Waals surface area contributed by atoms with Crippen molar-refractivity contribution in [3.8, 4) is 17.2 Å². The fourth-order valence-corrected chi connectivity index (χ4v) is 7.02. The molecule has 1 aromatic heterocycles. The lowest BCUT2D eigenvalue weighted by molar-refractivity contribution is -0.132. The summed E-state index contributed by atoms with van der Waals surface area (Å²) in [5.74, 6) is 0.375. The first-order chi connectivity index (χ1) is 21.9. The molecule has 11 heteroatoms. The van der Waals surface area contributed by atoms with Crippen molar-refractivity contribution in [2.24, 2.45) is 0 Å². The van der Waals surface area contributed by atoms with Crippen LogP contribution in [0, 0.1) is 6.92 Å². The molecule has 1 atom stereocenters. The number of nitrogens with zero attached hydrogens (tertiary/aromatic N) is 3. The third-order valence-electron chi connectivity index (χ3n) is 7.54. The maximum Gasteiger partial charge on any atom is 0.301 e. The van der Waals surface area contributed by atoms with Gasteiger partial charge in [-0.15, -0.1) is 10.2 Å². The minimum Gasteiger partial charge on any atom is -0.507 e. The van der Waals surface area contributed by atoms with Crippen LogP contribution in [0.4, 0.5) is 5.13 Å². The summed E-state index contributed by atoms with van der Waals surface area (Å²) in [6.07, 6.45) is 3.04. The molecule has 45 heavy (non-hydrogen) atoms. The molecule has 3 aromatic carbocycles. The Morgan fingerprint density at radius 3 is 2.62 bits per heavy atom. The smallest absolute Gasteiger partial charge is 0.301 e. The van der Waals surface area contributed by atoms with Crippen molar-refractivity contribution in [2.45, 2.75) is 49.2 Å². The summed E-state index contributed by atoms with van der Waals surface area (Å²) < 4.78 is 18.0. The number of anilines is 1. The number of hydrogen-bond donors (Lipinski definition) is 1. The number of unbranched alkanes of at least 4 members (excludes halogenated alkanes) is 2. The number of aliphatic hydroxyl groups is 1. The van der Waals surface area contributed by atoms with E-state index in [4.69, 9.17) is 14.2 Å². The van der Waals surface area contributed by atoms with E-state index >= 15 is 0 Å². The van der Waals surface area contributed by atoms with Crippen molar-refractivity contribution < 1.29 is 28.9 Å². The van der Waals surface area contributed by atoms with E-state index in [1.54, 1.807) is 24.3 Å². The molecule has 232 valence electrons. The van der Waals surface area contributed by atoms with Gasteiger partial charge in [0.05, 0.1) is 18.2 Å². The maximum absolute atomic E-state index is 13.7. The van der Waals surface area contributed by atoms with Gasteiger partial charge in [-0.25, -0.2) is 0 Å². The number of hydrogen-bond acceptors (Lipinski definition) is 10. The lowest BCUT2D eigenvalue weighted by Gasteiger charge is -2.23. The van der Waals surface area contributed by atoms with Gasteiger partial charge in [-0.2, -0.15) is 0 Å². The van der Waals surface area contributed by atoms with E-state index in [-0.39, 0.29) is 16.5 Å². The van der Waals surface area contributed by atoms with Crippen LogP contribution in [0.25, 0.3) is 5.76 Å². The van der Waals surface area contributed by atoms with Crippen LogP contribution in [0.2, 0.25) is 0 Å². The summed E-state index contributed by atoms with van der Waals surface area (Å²) in [4.78, 5) is 28.7. The number of benzene rings is 3. The molecule has 1 unspecified atom stereocenters. The second-order valence-corrected chi connectivity index (χ2v) is 13.0. The SMILES string of the molecule is CCCCCOc1cccc(C2/C(=C(\O)c3ccc4c(c3)OCCO4)C(=O)C(=O)N2c2nnc(SCc3ccc(C)cc3)s2)c1. The van der Waals surface area contributed by atoms with Crippen molar-refractivity contribution >= 4 is 45.7 Å². The quantitative estimate of drug-likeness (QED) is 0.0457. The van der Waals surface area contributed by atoms with E-state index in [0.717, 1.165) is 24.8 Å². The molecule has 1 saturated heterocycles. The third kappa shape index (κ3) is 6.69. The molecule has 2 aliphatic rings. The Morgan fingerprint density at radius 2 is 1.82 bits per heavy atom. The Bertz CT molecular complexity index is 1740. The van der Waals surface area contributed by atoms with Gasteiger partial charge in [0.15, 0.2) is 15.8 Å². The topological polar surface area (TPSA) is 111 Å². The second kappa shape index (κ2) is 13.7. The first kappa shape index (κ1) is 30.7. The normalized spacial score (nSPS) is 17.1. The average Bonchev–Trinajstić information content (AvgIpc) is 3.64. The summed E-state index contributed by atoms with van der Waals surface area (Å²) in [6.45, 7) is 5.51. The zero-order valence-corrected chi connectivity index (χ0v) is 26.7. The van der Waals surface area contributed by atoms with Crippen LogP contribution >= 0.6 is 23.1 Å². The van der Waals surface area contributed by atoms with Crippen molar-refractivity contribution in [3.05, 3.63) is 94.6 Å². The molecule has 6 rings (SSSR count). The van der Waals surface area contributed by atoms with Gasteiger partial charge in [-0.3, -0.25) is 14.5 Å². The minimum atomic E-state index is -0.958. The zero-order valence-electron chi connectivity index (χ0n) is 25.0. The number of ether oxygens (including phenoxy) is 3. The van der Waals surface area contributed by atoms with Gasteiger partial charge in [0.1, 0.15) is 24.7 Å². The van der Waals surface area contributed by atoms with Gasteiger partial charge in [0, 0.05) is 11.3 Å². The number of thioether (sulfide) groups is 1. The standard InChI is InChI=1S/C34H33N3O6S2/c1-3-4-5-15-41-25-8-6-7-23(18-25)29-28(30(38)24-13-14-26-27(19-24)43-17-16-42-26)31(39)32(40)37(29)33-35-36-34(45-33)44-20-22-11-9-21(2)10-12-22/h6-14,18-19,29,38H,3-5,15-17,20H2,1-2H3/b30-28+. The third-order valence-corrected chi connectivity index (χ3v) is 9.66. The van der Waals surface area contributed by atoms with Crippen LogP contribution in [0.1, 0.15) is 54.5 Å². The number of amides is 1. The first-order valence-corrected chi connectivity index (χ1v) is 16.7. The molecule has 0 bridgehead atoms. The number of aliphatic hydroxyl groups excluding tert-OH is 1. The summed E-state index contributed by atoms with van der Waals surface area (Å²) in [5, 5.41) is 20.6. The molecular weight excluding hydrogens is 611 g/mol. The molecule has 0 radical (unpaired) electrons. The van der Waals surface area contributed by atoms with Gasteiger partial charge in [0.25, 0.3) is 5.78 Å². The molecule has 0 saturated carbocycles. The number of rotatable bonds is 11.